The van der Waals surface area contributed by atoms with Crippen molar-refractivity contribution in [3.8, 4) is 0 Å². The molecule has 26 valence electrons. The second-order valence-corrected chi connectivity index (χ2v) is 2.06. The molecule has 0 rings (SSSR count). The molecule has 0 spiro atoms. The Morgan fingerprint density at radius 3 is 2.20 bits per heavy atom. The van der Waals surface area contributed by atoms with Crippen molar-refractivity contribution in [3.63, 3.8) is 0 Å². The van der Waals surface area contributed by atoms with Gasteiger partial charge >= 0.3 is 54.3 Å². The Bertz CT molecular complexity index is 48.9. The van der Waals surface area contributed by atoms with E-state index in [4.69, 9.17) is 0 Å². The van der Waals surface area contributed by atoms with E-state index in [0.717, 1.165) is 0 Å². The van der Waals surface area contributed by atoms with Crippen LogP contribution in [0.3, 0.4) is 0 Å². The summed E-state index contributed by atoms with van der Waals surface area (Å²) in [6, 6.07) is 0. The number of rotatable bonds is 1. The molecule has 2 heteroatoms. The summed E-state index contributed by atoms with van der Waals surface area (Å²) in [7, 11) is 0. The van der Waals surface area contributed by atoms with Crippen molar-refractivity contribution >= 4 is 43.3 Å². The molecule has 0 aliphatic carbocycles. The molecule has 0 bridgehead atoms. The van der Waals surface area contributed by atoms with E-state index >= 15 is 0 Å². The van der Waals surface area contributed by atoms with E-state index in [0.29, 0.717) is 0 Å². The zero-order chi connectivity index (χ0) is 4.12. The summed E-state index contributed by atoms with van der Waals surface area (Å²) >= 11 is 3.72. The van der Waals surface area contributed by atoms with Crippen LogP contribution in [0.5, 0.6) is 0 Å². The summed E-state index contributed by atoms with van der Waals surface area (Å²) in [6.45, 7) is 0. The van der Waals surface area contributed by atoms with Crippen LogP contribution in [0.25, 0.3) is 0 Å². The van der Waals surface area contributed by atoms with Gasteiger partial charge in [0.25, 0.3) is 0 Å². The van der Waals surface area contributed by atoms with Gasteiger partial charge in [-0.25, -0.2) is 0 Å². The first kappa shape index (κ1) is 5.99. The second kappa shape index (κ2) is 4.99. The van der Waals surface area contributed by atoms with Crippen LogP contribution in [0.4, 0.5) is 0 Å². The van der Waals surface area contributed by atoms with Gasteiger partial charge in [-0.2, -0.15) is 0 Å². The van der Waals surface area contributed by atoms with Crippen molar-refractivity contribution < 1.29 is 0 Å². The summed E-state index contributed by atoms with van der Waals surface area (Å²) in [5.74, 6) is 0. The maximum atomic E-state index is 2.05. The van der Waals surface area contributed by atoms with Gasteiger partial charge in [0.1, 0.15) is 0 Å². The summed E-state index contributed by atoms with van der Waals surface area (Å²) in [4.78, 5) is 2.01. The quantitative estimate of drug-likeness (QED) is 0.532. The fourth-order valence-electron chi connectivity index (χ4n) is 0.0430. The molecule has 0 unspecified atom stereocenters. The summed E-state index contributed by atoms with van der Waals surface area (Å²) in [5, 5.41) is 0. The molecule has 0 heterocycles. The van der Waals surface area contributed by atoms with E-state index in [1.165, 1.54) is 0 Å². The van der Waals surface area contributed by atoms with E-state index in [1.54, 1.807) is 22.5 Å². The van der Waals surface area contributed by atoms with Crippen molar-refractivity contribution in [2.24, 2.45) is 0 Å². The topological polar surface area (TPSA) is 0 Å². The van der Waals surface area contributed by atoms with E-state index in [-0.39, 0.29) is 0 Å². The first-order valence-corrected chi connectivity index (χ1v) is 3.90. The van der Waals surface area contributed by atoms with Crippen LogP contribution in [0.1, 0.15) is 0 Å². The normalized spacial score (nSPS) is 9.00. The fourth-order valence-corrected chi connectivity index (χ4v) is 1.50. The first-order valence-electron chi connectivity index (χ1n) is 1.21. The van der Waals surface area contributed by atoms with Crippen LogP contribution < -0.4 is 0 Å². The van der Waals surface area contributed by atoms with Gasteiger partial charge in [0, 0.05) is 0 Å². The van der Waals surface area contributed by atoms with Crippen molar-refractivity contribution in [3.05, 3.63) is 10.9 Å². The van der Waals surface area contributed by atoms with E-state index in [1.807, 2.05) is 27.8 Å². The van der Waals surface area contributed by atoms with Crippen LogP contribution in [-0.2, 0) is 0 Å². The Morgan fingerprint density at radius 1 is 1.60 bits per heavy atom. The Labute approximate surface area is 54.1 Å². The first-order chi connectivity index (χ1) is 2.41. The summed E-state index contributed by atoms with van der Waals surface area (Å²) < 4.78 is 2.05. The minimum absolute atomic E-state index is 1.71. The molecule has 2 radical (unpaired) electrons. The maximum absolute atomic E-state index is 2.05. The van der Waals surface area contributed by atoms with Gasteiger partial charge in [-0.1, -0.05) is 0 Å². The number of hydrogen-bond acceptors (Lipinski definition) is 0. The molecule has 0 saturated heterocycles. The van der Waals surface area contributed by atoms with Crippen molar-refractivity contribution in [2.75, 3.05) is 0 Å². The molecule has 0 aliphatic rings. The third kappa shape index (κ3) is 4.99. The number of hydrogen-bond donors (Lipinski definition) is 0. The monoisotopic (exact) mass is 236 g/mol. The average molecular weight is 237 g/mol. The molecule has 0 aromatic heterocycles. The fraction of sp³-hybridized carbons (Fsp3) is 0. The van der Waals surface area contributed by atoms with E-state index in [9.17, 15) is 0 Å². The number of allylic oxidation sites excluding steroid dienone is 1. The summed E-state index contributed by atoms with van der Waals surface area (Å²) in [5.41, 5.74) is 0. The molecule has 0 aliphatic heterocycles. The van der Waals surface area contributed by atoms with Crippen molar-refractivity contribution in [1.82, 2.24) is 0 Å². The zero-order valence-electron chi connectivity index (χ0n) is 2.68. The predicted octanol–water partition coefficient (Wildman–Crippen LogP) is -0.628. The average Bonchev–Trinajstić information content (AvgIpc) is 1.41. The van der Waals surface area contributed by atoms with Crippen LogP contribution in [-0.4, -0.2) is 43.3 Å². The van der Waals surface area contributed by atoms with Crippen molar-refractivity contribution in [1.29, 1.82) is 0 Å². The zero-order valence-corrected chi connectivity index (χ0v) is 7.33. The molecule has 0 saturated carbocycles. The van der Waals surface area contributed by atoms with Gasteiger partial charge in [0.05, 0.1) is 0 Å². The van der Waals surface area contributed by atoms with Gasteiger partial charge in [0.15, 0.2) is 0 Å². The third-order valence-electron chi connectivity index (χ3n) is 0.182. The Morgan fingerprint density at radius 2 is 2.20 bits per heavy atom. The van der Waals surface area contributed by atoms with Gasteiger partial charge in [-0.3, -0.25) is 0 Å². The Kier molecular flexibility index (Phi) is 5.97. The third-order valence-corrected chi connectivity index (χ3v) is 1.08. The van der Waals surface area contributed by atoms with Crippen LogP contribution >= 0.6 is 0 Å². The van der Waals surface area contributed by atoms with Crippen LogP contribution in [0.2, 0.25) is 0 Å². The van der Waals surface area contributed by atoms with E-state index < -0.39 is 0 Å². The SMILES string of the molecule is [AsH]C=C[CH]=[Sb]. The second-order valence-electron chi connectivity index (χ2n) is 0.508. The Hall–Kier alpha value is 0.987. The molecular formula is C3H4AsSb. The molecule has 0 amide bonds. The molecule has 5 heavy (non-hydrogen) atoms. The standard InChI is InChI=1S/C3H4As.Sb/c1-2-3-4;/h1-4H;. The molecule has 0 N–H and O–H groups in total. The predicted molar refractivity (Wildman–Crippen MR) is 28.1 cm³/mol. The molecule has 0 aromatic carbocycles. The van der Waals surface area contributed by atoms with Gasteiger partial charge in [-0.05, 0) is 0 Å². The van der Waals surface area contributed by atoms with Crippen LogP contribution in [0, 0.1) is 0 Å². The van der Waals surface area contributed by atoms with Crippen LogP contribution in [0.15, 0.2) is 10.9 Å². The van der Waals surface area contributed by atoms with Gasteiger partial charge in [0.2, 0.25) is 0 Å². The Balaban J connectivity index is 2.92. The molecule has 0 aromatic rings. The minimum atomic E-state index is 1.71. The van der Waals surface area contributed by atoms with E-state index in [2.05, 4.69) is 3.95 Å². The molecule has 0 fully saturated rings. The summed E-state index contributed by atoms with van der Waals surface area (Å²) in [6.07, 6.45) is 2.02. The van der Waals surface area contributed by atoms with Crippen molar-refractivity contribution in [2.45, 2.75) is 0 Å². The molecule has 0 atom stereocenters. The molecule has 0 nitrogen and oxygen atoms in total. The van der Waals surface area contributed by atoms with Gasteiger partial charge < -0.3 is 0 Å². The molecular weight excluding hydrogens is 233 g/mol. The van der Waals surface area contributed by atoms with Gasteiger partial charge in [-0.15, -0.1) is 0 Å².